The van der Waals surface area contributed by atoms with Crippen LogP contribution < -0.4 is 9.47 Å². The number of benzene rings is 1. The fourth-order valence-corrected chi connectivity index (χ4v) is 3.35. The molecule has 27 heavy (non-hydrogen) atoms. The number of aliphatic hydroxyl groups is 1. The minimum Gasteiger partial charge on any atom is -0.493 e. The third-order valence-corrected chi connectivity index (χ3v) is 4.81. The Bertz CT molecular complexity index is 732. The van der Waals surface area contributed by atoms with Crippen molar-refractivity contribution in [1.82, 2.24) is 14.9 Å². The minimum absolute atomic E-state index is 0.248. The summed E-state index contributed by atoms with van der Waals surface area (Å²) in [6, 6.07) is 7.77. The van der Waals surface area contributed by atoms with Crippen LogP contribution in [0.25, 0.3) is 0 Å². The number of aromatic nitrogens is 2. The second-order valence-corrected chi connectivity index (χ2v) is 6.95. The monoisotopic (exact) mass is 371 g/mol. The fourth-order valence-electron chi connectivity index (χ4n) is 3.35. The van der Waals surface area contributed by atoms with E-state index in [-0.39, 0.29) is 6.61 Å². The van der Waals surface area contributed by atoms with Gasteiger partial charge < -0.3 is 19.5 Å². The molecule has 1 atom stereocenters. The van der Waals surface area contributed by atoms with Gasteiger partial charge >= 0.3 is 0 Å². The van der Waals surface area contributed by atoms with Crippen LogP contribution in [-0.4, -0.2) is 59.4 Å². The van der Waals surface area contributed by atoms with Crippen molar-refractivity contribution in [3.05, 3.63) is 47.5 Å². The molecule has 0 saturated carbocycles. The largest absolute Gasteiger partial charge is 0.493 e. The Kier molecular flexibility index (Phi) is 7.01. The third kappa shape index (κ3) is 5.65. The van der Waals surface area contributed by atoms with Gasteiger partial charge in [0.2, 0.25) is 0 Å². The summed E-state index contributed by atoms with van der Waals surface area (Å²) in [5.74, 6) is 2.09. The maximum atomic E-state index is 10.3. The smallest absolute Gasteiger partial charge is 0.161 e. The van der Waals surface area contributed by atoms with Crippen molar-refractivity contribution in [1.29, 1.82) is 0 Å². The van der Waals surface area contributed by atoms with Gasteiger partial charge in [-0.25, -0.2) is 9.97 Å². The zero-order valence-corrected chi connectivity index (χ0v) is 16.2. The average Bonchev–Trinajstić information content (AvgIpc) is 3.19. The maximum Gasteiger partial charge on any atom is 0.161 e. The predicted molar refractivity (Wildman–Crippen MR) is 104 cm³/mol. The first-order valence-corrected chi connectivity index (χ1v) is 9.69. The van der Waals surface area contributed by atoms with Crippen molar-refractivity contribution < 1.29 is 14.6 Å². The first-order chi connectivity index (χ1) is 13.2. The van der Waals surface area contributed by atoms with Gasteiger partial charge in [0.05, 0.1) is 7.11 Å². The number of hydrogen-bond acceptors (Lipinski definition) is 6. The molecule has 1 aliphatic rings. The molecule has 1 aliphatic heterocycles. The van der Waals surface area contributed by atoms with Gasteiger partial charge in [-0.2, -0.15) is 0 Å². The number of rotatable bonds is 9. The molecule has 1 N–H and O–H groups in total. The molecule has 0 spiro atoms. The molecule has 0 bridgehead atoms. The fraction of sp³-hybridized carbons (Fsp3) is 0.524. The topological polar surface area (TPSA) is 67.7 Å². The molecular weight excluding hydrogens is 342 g/mol. The van der Waals surface area contributed by atoms with Crippen LogP contribution in [0, 0.1) is 0 Å². The Morgan fingerprint density at radius 2 is 2.00 bits per heavy atom. The molecule has 1 saturated heterocycles. The Morgan fingerprint density at radius 3 is 2.74 bits per heavy atom. The van der Waals surface area contributed by atoms with Gasteiger partial charge in [0.1, 0.15) is 18.5 Å². The molecule has 0 amide bonds. The van der Waals surface area contributed by atoms with Gasteiger partial charge in [0, 0.05) is 24.9 Å². The van der Waals surface area contributed by atoms with Crippen molar-refractivity contribution in [2.24, 2.45) is 0 Å². The van der Waals surface area contributed by atoms with E-state index in [1.54, 1.807) is 13.3 Å². The lowest BCUT2D eigenvalue weighted by atomic mass is 10.1. The van der Waals surface area contributed by atoms with E-state index in [0.717, 1.165) is 36.6 Å². The molecule has 2 heterocycles. The molecule has 3 rings (SSSR count). The number of nitrogens with zero attached hydrogens (tertiary/aromatic N) is 3. The second kappa shape index (κ2) is 9.67. The number of aryl methyl sites for hydroxylation is 1. The van der Waals surface area contributed by atoms with E-state index in [0.29, 0.717) is 24.5 Å². The lowest BCUT2D eigenvalue weighted by Crippen LogP contribution is -2.33. The van der Waals surface area contributed by atoms with E-state index in [9.17, 15) is 5.11 Å². The van der Waals surface area contributed by atoms with Gasteiger partial charge in [0.25, 0.3) is 0 Å². The van der Waals surface area contributed by atoms with E-state index in [1.807, 2.05) is 24.3 Å². The van der Waals surface area contributed by atoms with Crippen LogP contribution in [0.3, 0.4) is 0 Å². The van der Waals surface area contributed by atoms with Crippen molar-refractivity contribution in [3.63, 3.8) is 0 Å². The highest BCUT2D eigenvalue weighted by Crippen LogP contribution is 2.29. The van der Waals surface area contributed by atoms with Crippen LogP contribution >= 0.6 is 0 Å². The van der Waals surface area contributed by atoms with Crippen LogP contribution in [0.5, 0.6) is 11.5 Å². The molecule has 0 unspecified atom stereocenters. The molecule has 2 aromatic rings. The van der Waals surface area contributed by atoms with Crippen LogP contribution in [0.2, 0.25) is 0 Å². The standard InChI is InChI=1S/C21H29N3O3/c1-3-17-8-9-22-21(23-17)13-16-6-7-19(26-2)20(12-16)27-15-18(25)14-24-10-4-5-11-24/h6-9,12,18,25H,3-5,10-11,13-15H2,1-2H3/t18-/m1/s1. The Labute approximate surface area is 161 Å². The van der Waals surface area contributed by atoms with E-state index < -0.39 is 6.10 Å². The first-order valence-electron chi connectivity index (χ1n) is 9.69. The third-order valence-electron chi connectivity index (χ3n) is 4.81. The Morgan fingerprint density at radius 1 is 1.19 bits per heavy atom. The van der Waals surface area contributed by atoms with Gasteiger partial charge in [-0.1, -0.05) is 13.0 Å². The SMILES string of the molecule is CCc1ccnc(Cc2ccc(OC)c(OC[C@H](O)CN3CCCC3)c2)n1. The number of likely N-dealkylation sites (tertiary alicyclic amines) is 1. The summed E-state index contributed by atoms with van der Waals surface area (Å²) in [6.07, 6.45) is 5.24. The summed E-state index contributed by atoms with van der Waals surface area (Å²) < 4.78 is 11.3. The molecular formula is C21H29N3O3. The zero-order valence-electron chi connectivity index (χ0n) is 16.2. The molecule has 0 aliphatic carbocycles. The van der Waals surface area contributed by atoms with E-state index in [2.05, 4.69) is 21.8 Å². The zero-order chi connectivity index (χ0) is 19.1. The highest BCUT2D eigenvalue weighted by Gasteiger charge is 2.17. The van der Waals surface area contributed by atoms with Crippen LogP contribution in [-0.2, 0) is 12.8 Å². The van der Waals surface area contributed by atoms with Gasteiger partial charge in [-0.3, -0.25) is 0 Å². The number of aliphatic hydroxyl groups excluding tert-OH is 1. The molecule has 0 radical (unpaired) electrons. The molecule has 6 nitrogen and oxygen atoms in total. The normalized spacial score (nSPS) is 15.7. The van der Waals surface area contributed by atoms with Gasteiger partial charge in [-0.15, -0.1) is 0 Å². The quantitative estimate of drug-likeness (QED) is 0.730. The Balaban J connectivity index is 1.63. The highest BCUT2D eigenvalue weighted by atomic mass is 16.5. The lowest BCUT2D eigenvalue weighted by molar-refractivity contribution is 0.0747. The second-order valence-electron chi connectivity index (χ2n) is 6.95. The average molecular weight is 371 g/mol. The number of methoxy groups -OCH3 is 1. The predicted octanol–water partition coefficient (Wildman–Crippen LogP) is 2.47. The Hall–Kier alpha value is -2.18. The van der Waals surface area contributed by atoms with Crippen molar-refractivity contribution >= 4 is 0 Å². The van der Waals surface area contributed by atoms with Crippen LogP contribution in [0.1, 0.15) is 36.8 Å². The van der Waals surface area contributed by atoms with Crippen LogP contribution in [0.15, 0.2) is 30.5 Å². The van der Waals surface area contributed by atoms with Crippen molar-refractivity contribution in [2.45, 2.75) is 38.7 Å². The lowest BCUT2D eigenvalue weighted by Gasteiger charge is -2.20. The molecule has 6 heteroatoms. The summed E-state index contributed by atoms with van der Waals surface area (Å²) in [5.41, 5.74) is 2.09. The van der Waals surface area contributed by atoms with E-state index >= 15 is 0 Å². The van der Waals surface area contributed by atoms with E-state index in [1.165, 1.54) is 12.8 Å². The van der Waals surface area contributed by atoms with Crippen LogP contribution in [0.4, 0.5) is 0 Å². The summed E-state index contributed by atoms with van der Waals surface area (Å²) in [7, 11) is 1.62. The van der Waals surface area contributed by atoms with Gasteiger partial charge in [0.15, 0.2) is 11.5 Å². The summed E-state index contributed by atoms with van der Waals surface area (Å²) in [5, 5.41) is 10.3. The first kappa shape index (κ1) is 19.6. The number of ether oxygens (including phenoxy) is 2. The number of hydrogen-bond donors (Lipinski definition) is 1. The van der Waals surface area contributed by atoms with Crippen molar-refractivity contribution in [2.75, 3.05) is 33.4 Å². The molecule has 1 aromatic heterocycles. The highest BCUT2D eigenvalue weighted by molar-refractivity contribution is 5.43. The number of β-amino-alcohol motifs (C(OH)–C–C–N with tert-alkyl or cyclic N) is 1. The van der Waals surface area contributed by atoms with Crippen molar-refractivity contribution in [3.8, 4) is 11.5 Å². The van der Waals surface area contributed by atoms with E-state index in [4.69, 9.17) is 9.47 Å². The van der Waals surface area contributed by atoms with Gasteiger partial charge in [-0.05, 0) is 56.1 Å². The molecule has 146 valence electrons. The minimum atomic E-state index is -0.513. The molecule has 1 fully saturated rings. The summed E-state index contributed by atoms with van der Waals surface area (Å²) in [6.45, 7) is 5.11. The summed E-state index contributed by atoms with van der Waals surface area (Å²) in [4.78, 5) is 11.2. The summed E-state index contributed by atoms with van der Waals surface area (Å²) >= 11 is 0. The molecule has 1 aromatic carbocycles. The maximum absolute atomic E-state index is 10.3.